The highest BCUT2D eigenvalue weighted by atomic mass is 16.5. The summed E-state index contributed by atoms with van der Waals surface area (Å²) in [5, 5.41) is 9.40. The Kier molecular flexibility index (Phi) is 7.70. The lowest BCUT2D eigenvalue weighted by atomic mass is 9.97. The van der Waals surface area contributed by atoms with Crippen LogP contribution in [0.3, 0.4) is 0 Å². The number of oxazole rings is 1. The van der Waals surface area contributed by atoms with Crippen molar-refractivity contribution >= 4 is 5.97 Å². The fourth-order valence-electron chi connectivity index (χ4n) is 2.70. The molecule has 0 fully saturated rings. The number of hydrogen-bond acceptors (Lipinski definition) is 5. The number of carboxylic acids is 1. The zero-order valence-electron chi connectivity index (χ0n) is 16.6. The van der Waals surface area contributed by atoms with Gasteiger partial charge < -0.3 is 19.0 Å². The van der Waals surface area contributed by atoms with Crippen LogP contribution in [-0.4, -0.2) is 29.3 Å². The zero-order valence-corrected chi connectivity index (χ0v) is 16.6. The number of ether oxygens (including phenoxy) is 2. The molecule has 0 spiro atoms. The van der Waals surface area contributed by atoms with E-state index in [1.165, 1.54) is 0 Å². The van der Waals surface area contributed by atoms with Crippen LogP contribution in [-0.2, 0) is 0 Å². The van der Waals surface area contributed by atoms with Gasteiger partial charge in [-0.1, -0.05) is 40.5 Å². The molecule has 0 radical (unpaired) electrons. The molecule has 0 unspecified atom stereocenters. The van der Waals surface area contributed by atoms with Crippen molar-refractivity contribution in [3.63, 3.8) is 0 Å². The zero-order chi connectivity index (χ0) is 19.8. The second kappa shape index (κ2) is 10.00. The van der Waals surface area contributed by atoms with E-state index >= 15 is 0 Å². The summed E-state index contributed by atoms with van der Waals surface area (Å²) in [4.78, 5) is 15.6. The number of carbonyl (C=O) groups is 1. The number of carboxylic acid groups (broad SMARTS) is 1. The summed E-state index contributed by atoms with van der Waals surface area (Å²) in [5.41, 5.74) is 1.88. The molecule has 0 aliphatic rings. The normalized spacial score (nSPS) is 11.0. The molecule has 148 valence electrons. The van der Waals surface area contributed by atoms with Crippen molar-refractivity contribution in [1.29, 1.82) is 0 Å². The van der Waals surface area contributed by atoms with Gasteiger partial charge in [0, 0.05) is 11.6 Å². The number of aromatic nitrogens is 1. The first kappa shape index (κ1) is 20.8. The first-order chi connectivity index (χ1) is 13.0. The summed E-state index contributed by atoms with van der Waals surface area (Å²) in [6, 6.07) is 3.77. The van der Waals surface area contributed by atoms with Crippen LogP contribution in [0.4, 0.5) is 0 Å². The molecule has 1 heterocycles. The number of rotatable bonds is 11. The van der Waals surface area contributed by atoms with Crippen molar-refractivity contribution in [2.24, 2.45) is 0 Å². The second-order valence-corrected chi connectivity index (χ2v) is 6.78. The molecule has 2 rings (SSSR count). The third-order valence-electron chi connectivity index (χ3n) is 4.26. The van der Waals surface area contributed by atoms with E-state index in [4.69, 9.17) is 13.9 Å². The first-order valence-electron chi connectivity index (χ1n) is 9.60. The minimum Gasteiger partial charge on any atom is -0.493 e. The molecular formula is C21H29NO5. The lowest BCUT2D eigenvalue weighted by Gasteiger charge is -2.19. The lowest BCUT2D eigenvalue weighted by Crippen LogP contribution is -2.06. The Morgan fingerprint density at radius 1 is 1.11 bits per heavy atom. The van der Waals surface area contributed by atoms with Crippen LogP contribution in [0.1, 0.15) is 75.4 Å². The molecule has 0 aliphatic carbocycles. The van der Waals surface area contributed by atoms with E-state index in [-0.39, 0.29) is 17.4 Å². The van der Waals surface area contributed by atoms with Crippen molar-refractivity contribution in [2.45, 2.75) is 59.3 Å². The van der Waals surface area contributed by atoms with Crippen LogP contribution in [0.5, 0.6) is 11.5 Å². The third kappa shape index (κ3) is 5.25. The van der Waals surface area contributed by atoms with Crippen LogP contribution in [0.15, 0.2) is 22.9 Å². The molecule has 0 aliphatic heterocycles. The molecule has 1 aromatic heterocycles. The van der Waals surface area contributed by atoms with Gasteiger partial charge in [-0.15, -0.1) is 0 Å². The van der Waals surface area contributed by atoms with Crippen LogP contribution < -0.4 is 9.47 Å². The fourth-order valence-corrected chi connectivity index (χ4v) is 2.70. The number of hydrogen-bond donors (Lipinski definition) is 1. The highest BCUT2D eigenvalue weighted by Crippen LogP contribution is 2.40. The SMILES string of the molecule is CCCCOc1cc(OCCCC)c(C(C)C)cc1-c1ncoc1C(=O)O. The van der Waals surface area contributed by atoms with E-state index in [1.54, 1.807) is 0 Å². The summed E-state index contributed by atoms with van der Waals surface area (Å²) < 4.78 is 17.0. The molecule has 27 heavy (non-hydrogen) atoms. The standard InChI is InChI=1S/C21H29NO5/c1-5-7-9-25-17-12-18(26-10-8-6-2)16(11-15(17)14(3)4)19-20(21(23)24)27-13-22-19/h11-14H,5-10H2,1-4H3,(H,23,24). The van der Waals surface area contributed by atoms with Gasteiger partial charge in [-0.3, -0.25) is 0 Å². The lowest BCUT2D eigenvalue weighted by molar-refractivity contribution is 0.0663. The Bertz CT molecular complexity index is 751. The monoisotopic (exact) mass is 375 g/mol. The van der Waals surface area contributed by atoms with Crippen LogP contribution >= 0.6 is 0 Å². The fraction of sp³-hybridized carbons (Fsp3) is 0.524. The molecular weight excluding hydrogens is 346 g/mol. The van der Waals surface area contributed by atoms with Gasteiger partial charge >= 0.3 is 5.97 Å². The molecule has 1 aromatic carbocycles. The average molecular weight is 375 g/mol. The molecule has 6 heteroatoms. The Balaban J connectivity index is 2.52. The Morgan fingerprint density at radius 3 is 2.30 bits per heavy atom. The molecule has 6 nitrogen and oxygen atoms in total. The van der Waals surface area contributed by atoms with Gasteiger partial charge in [0.1, 0.15) is 17.2 Å². The summed E-state index contributed by atoms with van der Waals surface area (Å²) in [6.07, 6.45) is 5.08. The number of unbranched alkanes of at least 4 members (excludes halogenated alkanes) is 2. The van der Waals surface area contributed by atoms with Crippen LogP contribution in [0.25, 0.3) is 11.3 Å². The highest BCUT2D eigenvalue weighted by Gasteiger charge is 2.23. The largest absolute Gasteiger partial charge is 0.493 e. The van der Waals surface area contributed by atoms with Gasteiger partial charge in [-0.2, -0.15) is 0 Å². The highest BCUT2D eigenvalue weighted by molar-refractivity contribution is 5.92. The summed E-state index contributed by atoms with van der Waals surface area (Å²) in [7, 11) is 0. The van der Waals surface area contributed by atoms with Crippen molar-refractivity contribution in [2.75, 3.05) is 13.2 Å². The Morgan fingerprint density at radius 2 is 1.74 bits per heavy atom. The summed E-state index contributed by atoms with van der Waals surface area (Å²) in [5.74, 6) is 0.191. The second-order valence-electron chi connectivity index (χ2n) is 6.78. The number of nitrogens with zero attached hydrogens (tertiary/aromatic N) is 1. The average Bonchev–Trinajstić information content (AvgIpc) is 3.12. The van der Waals surface area contributed by atoms with Gasteiger partial charge in [0.2, 0.25) is 5.76 Å². The first-order valence-corrected chi connectivity index (χ1v) is 9.60. The van der Waals surface area contributed by atoms with Gasteiger partial charge in [-0.05, 0) is 30.4 Å². The summed E-state index contributed by atoms with van der Waals surface area (Å²) >= 11 is 0. The number of benzene rings is 1. The van der Waals surface area contributed by atoms with Gasteiger partial charge in [0.05, 0.1) is 13.2 Å². The predicted molar refractivity (Wildman–Crippen MR) is 104 cm³/mol. The van der Waals surface area contributed by atoms with Crippen molar-refractivity contribution < 1.29 is 23.8 Å². The van der Waals surface area contributed by atoms with E-state index in [2.05, 4.69) is 32.7 Å². The van der Waals surface area contributed by atoms with Crippen LogP contribution in [0, 0.1) is 0 Å². The Hall–Kier alpha value is -2.50. The van der Waals surface area contributed by atoms with Gasteiger partial charge in [-0.25, -0.2) is 9.78 Å². The van der Waals surface area contributed by atoms with E-state index < -0.39 is 5.97 Å². The Labute approximate surface area is 160 Å². The maximum absolute atomic E-state index is 11.5. The molecule has 0 saturated carbocycles. The minimum atomic E-state index is -1.16. The maximum Gasteiger partial charge on any atom is 0.374 e. The summed E-state index contributed by atoms with van der Waals surface area (Å²) in [6.45, 7) is 9.53. The third-order valence-corrected chi connectivity index (χ3v) is 4.26. The molecule has 0 bridgehead atoms. The minimum absolute atomic E-state index is 0.190. The predicted octanol–water partition coefficient (Wildman–Crippen LogP) is 5.52. The molecule has 1 N–H and O–H groups in total. The van der Waals surface area contributed by atoms with Gasteiger partial charge in [0.25, 0.3) is 0 Å². The van der Waals surface area contributed by atoms with E-state index in [0.29, 0.717) is 24.5 Å². The molecule has 2 aromatic rings. The molecule has 0 atom stereocenters. The van der Waals surface area contributed by atoms with Crippen molar-refractivity contribution in [3.8, 4) is 22.8 Å². The van der Waals surface area contributed by atoms with Crippen molar-refractivity contribution in [1.82, 2.24) is 4.98 Å². The smallest absolute Gasteiger partial charge is 0.374 e. The molecule has 0 amide bonds. The van der Waals surface area contributed by atoms with Crippen LogP contribution in [0.2, 0.25) is 0 Å². The van der Waals surface area contributed by atoms with E-state index in [9.17, 15) is 9.90 Å². The molecule has 0 saturated heterocycles. The topological polar surface area (TPSA) is 81.8 Å². The number of aromatic carboxylic acids is 1. The van der Waals surface area contributed by atoms with Gasteiger partial charge in [0.15, 0.2) is 6.39 Å². The maximum atomic E-state index is 11.5. The van der Waals surface area contributed by atoms with E-state index in [0.717, 1.165) is 43.4 Å². The van der Waals surface area contributed by atoms with E-state index in [1.807, 2.05) is 12.1 Å². The quantitative estimate of drug-likeness (QED) is 0.521. The van der Waals surface area contributed by atoms with Crippen molar-refractivity contribution in [3.05, 3.63) is 29.9 Å².